The Morgan fingerprint density at radius 3 is 3.00 bits per heavy atom. The number of benzene rings is 1. The fourth-order valence-corrected chi connectivity index (χ4v) is 3.60. The SMILES string of the molecule is Nc1cc2c(cc1N1CC3CCC1C3)NC(=O)CO2. The van der Waals surface area contributed by atoms with Crippen LogP contribution in [0.1, 0.15) is 19.3 Å². The second-order valence-electron chi connectivity index (χ2n) is 5.73. The number of nitrogens with two attached hydrogens (primary N) is 1. The molecule has 1 aromatic rings. The van der Waals surface area contributed by atoms with Gasteiger partial charge in [-0.25, -0.2) is 0 Å². The maximum absolute atomic E-state index is 11.4. The number of fused-ring (bicyclic) bond motifs is 3. The Morgan fingerprint density at radius 1 is 1.37 bits per heavy atom. The monoisotopic (exact) mass is 259 g/mol. The minimum absolute atomic E-state index is 0.0696. The minimum atomic E-state index is -0.105. The van der Waals surface area contributed by atoms with Crippen LogP contribution in [0.4, 0.5) is 17.1 Å². The Balaban J connectivity index is 1.72. The molecule has 1 saturated heterocycles. The number of hydrogen-bond donors (Lipinski definition) is 2. The van der Waals surface area contributed by atoms with Crippen molar-refractivity contribution in [2.24, 2.45) is 5.92 Å². The van der Waals surface area contributed by atoms with Crippen LogP contribution < -0.4 is 20.7 Å². The summed E-state index contributed by atoms with van der Waals surface area (Å²) in [5.41, 5.74) is 8.67. The number of ether oxygens (including phenoxy) is 1. The first kappa shape index (κ1) is 11.0. The summed E-state index contributed by atoms with van der Waals surface area (Å²) >= 11 is 0. The van der Waals surface area contributed by atoms with Gasteiger partial charge < -0.3 is 20.7 Å². The molecular weight excluding hydrogens is 242 g/mol. The molecule has 1 amide bonds. The Kier molecular flexibility index (Phi) is 2.19. The molecule has 1 aliphatic carbocycles. The van der Waals surface area contributed by atoms with Crippen molar-refractivity contribution in [3.05, 3.63) is 12.1 Å². The fraction of sp³-hybridized carbons (Fsp3) is 0.500. The molecule has 19 heavy (non-hydrogen) atoms. The average molecular weight is 259 g/mol. The minimum Gasteiger partial charge on any atom is -0.482 e. The lowest BCUT2D eigenvalue weighted by atomic mass is 10.1. The summed E-state index contributed by atoms with van der Waals surface area (Å²) in [4.78, 5) is 13.8. The van der Waals surface area contributed by atoms with Crippen LogP contribution in [-0.2, 0) is 4.79 Å². The van der Waals surface area contributed by atoms with Crippen molar-refractivity contribution in [2.75, 3.05) is 29.1 Å². The van der Waals surface area contributed by atoms with Gasteiger partial charge in [0.25, 0.3) is 5.91 Å². The zero-order valence-corrected chi connectivity index (χ0v) is 10.7. The van der Waals surface area contributed by atoms with E-state index in [1.807, 2.05) is 12.1 Å². The van der Waals surface area contributed by atoms with E-state index in [-0.39, 0.29) is 12.5 Å². The van der Waals surface area contributed by atoms with E-state index in [2.05, 4.69) is 10.2 Å². The topological polar surface area (TPSA) is 67.6 Å². The molecule has 2 aliphatic heterocycles. The van der Waals surface area contributed by atoms with Crippen molar-refractivity contribution < 1.29 is 9.53 Å². The Labute approximate surface area is 111 Å². The van der Waals surface area contributed by atoms with E-state index in [4.69, 9.17) is 10.5 Å². The Hall–Kier alpha value is -1.91. The largest absolute Gasteiger partial charge is 0.482 e. The van der Waals surface area contributed by atoms with Gasteiger partial charge in [-0.3, -0.25) is 4.79 Å². The van der Waals surface area contributed by atoms with Gasteiger partial charge in [-0.05, 0) is 31.2 Å². The van der Waals surface area contributed by atoms with Gasteiger partial charge in [0.05, 0.1) is 17.1 Å². The van der Waals surface area contributed by atoms with Crippen LogP contribution >= 0.6 is 0 Å². The molecule has 3 N–H and O–H groups in total. The van der Waals surface area contributed by atoms with Crippen molar-refractivity contribution in [1.29, 1.82) is 0 Å². The maximum atomic E-state index is 11.4. The molecule has 2 bridgehead atoms. The first-order valence-corrected chi connectivity index (χ1v) is 6.83. The van der Waals surface area contributed by atoms with Crippen LogP contribution in [0, 0.1) is 5.92 Å². The summed E-state index contributed by atoms with van der Waals surface area (Å²) in [6.07, 6.45) is 3.87. The molecular formula is C14H17N3O2. The zero-order valence-electron chi connectivity index (χ0n) is 10.7. The highest BCUT2D eigenvalue weighted by molar-refractivity contribution is 5.97. The molecule has 0 aromatic heterocycles. The quantitative estimate of drug-likeness (QED) is 0.752. The molecule has 1 saturated carbocycles. The maximum Gasteiger partial charge on any atom is 0.262 e. The predicted octanol–water partition coefficient (Wildman–Crippen LogP) is 1.59. The lowest BCUT2D eigenvalue weighted by Crippen LogP contribution is -2.33. The van der Waals surface area contributed by atoms with E-state index in [0.29, 0.717) is 11.8 Å². The van der Waals surface area contributed by atoms with Crippen LogP contribution in [0.5, 0.6) is 5.75 Å². The molecule has 2 atom stereocenters. The van der Waals surface area contributed by atoms with E-state index in [0.717, 1.165) is 29.5 Å². The summed E-state index contributed by atoms with van der Waals surface area (Å²) in [6.45, 7) is 1.16. The van der Waals surface area contributed by atoms with E-state index in [9.17, 15) is 4.79 Å². The fourth-order valence-electron chi connectivity index (χ4n) is 3.60. The lowest BCUT2D eigenvalue weighted by molar-refractivity contribution is -0.118. The van der Waals surface area contributed by atoms with Gasteiger partial charge in [0.15, 0.2) is 6.61 Å². The zero-order chi connectivity index (χ0) is 13.0. The van der Waals surface area contributed by atoms with Crippen molar-refractivity contribution in [3.8, 4) is 5.75 Å². The van der Waals surface area contributed by atoms with Crippen LogP contribution in [0.3, 0.4) is 0 Å². The number of nitrogens with zero attached hydrogens (tertiary/aromatic N) is 1. The van der Waals surface area contributed by atoms with Crippen molar-refractivity contribution in [1.82, 2.24) is 0 Å². The van der Waals surface area contributed by atoms with Gasteiger partial charge >= 0.3 is 0 Å². The molecule has 4 rings (SSSR count). The molecule has 5 nitrogen and oxygen atoms in total. The number of nitrogens with one attached hydrogen (secondary N) is 1. The summed E-state index contributed by atoms with van der Waals surface area (Å²) in [6, 6.07) is 4.41. The van der Waals surface area contributed by atoms with Crippen molar-refractivity contribution in [3.63, 3.8) is 0 Å². The number of anilines is 3. The highest BCUT2D eigenvalue weighted by atomic mass is 16.5. The summed E-state index contributed by atoms with van der Waals surface area (Å²) in [7, 11) is 0. The summed E-state index contributed by atoms with van der Waals surface area (Å²) < 4.78 is 5.39. The van der Waals surface area contributed by atoms with Crippen molar-refractivity contribution in [2.45, 2.75) is 25.3 Å². The number of rotatable bonds is 1. The van der Waals surface area contributed by atoms with E-state index in [1.165, 1.54) is 19.3 Å². The number of amides is 1. The Morgan fingerprint density at radius 2 is 2.26 bits per heavy atom. The van der Waals surface area contributed by atoms with Gasteiger partial charge in [-0.1, -0.05) is 0 Å². The number of carbonyl (C=O) groups is 1. The highest BCUT2D eigenvalue weighted by Gasteiger charge is 2.38. The molecule has 5 heteroatoms. The number of piperidine rings is 1. The van der Waals surface area contributed by atoms with Crippen molar-refractivity contribution >= 4 is 23.0 Å². The van der Waals surface area contributed by atoms with Crippen LogP contribution in [0.15, 0.2) is 12.1 Å². The smallest absolute Gasteiger partial charge is 0.262 e. The molecule has 2 fully saturated rings. The third-order valence-corrected chi connectivity index (χ3v) is 4.48. The predicted molar refractivity (Wildman–Crippen MR) is 73.5 cm³/mol. The number of nitrogen functional groups attached to an aromatic ring is 1. The number of hydrogen-bond acceptors (Lipinski definition) is 4. The molecule has 100 valence electrons. The molecule has 3 aliphatic rings. The second kappa shape index (κ2) is 3.79. The van der Waals surface area contributed by atoms with Crippen LogP contribution in [0.2, 0.25) is 0 Å². The first-order chi connectivity index (χ1) is 9.20. The van der Waals surface area contributed by atoms with Gasteiger partial charge in [0.1, 0.15) is 5.75 Å². The van der Waals surface area contributed by atoms with Gasteiger partial charge in [0.2, 0.25) is 0 Å². The number of carbonyl (C=O) groups excluding carboxylic acids is 1. The molecule has 0 spiro atoms. The standard InChI is InChI=1S/C14H17N3O2/c15-10-4-13-11(16-14(18)7-19-13)5-12(10)17-6-8-1-2-9(17)3-8/h4-5,8-9H,1-3,6-7,15H2,(H,16,18). The summed E-state index contributed by atoms with van der Waals surface area (Å²) in [5.74, 6) is 1.38. The van der Waals surface area contributed by atoms with Crippen LogP contribution in [-0.4, -0.2) is 25.1 Å². The van der Waals surface area contributed by atoms with Gasteiger partial charge in [-0.15, -0.1) is 0 Å². The molecule has 1 aromatic carbocycles. The van der Waals surface area contributed by atoms with E-state index >= 15 is 0 Å². The normalized spacial score (nSPS) is 28.0. The van der Waals surface area contributed by atoms with Gasteiger partial charge in [0, 0.05) is 18.7 Å². The lowest BCUT2D eigenvalue weighted by Gasteiger charge is -2.31. The molecule has 0 radical (unpaired) electrons. The van der Waals surface area contributed by atoms with E-state index < -0.39 is 0 Å². The first-order valence-electron chi connectivity index (χ1n) is 6.83. The van der Waals surface area contributed by atoms with Gasteiger partial charge in [-0.2, -0.15) is 0 Å². The summed E-state index contributed by atoms with van der Waals surface area (Å²) in [5, 5.41) is 2.85. The Bertz CT molecular complexity index is 558. The third-order valence-electron chi connectivity index (χ3n) is 4.48. The molecule has 2 unspecified atom stereocenters. The average Bonchev–Trinajstić information content (AvgIpc) is 3.00. The third kappa shape index (κ3) is 1.64. The second-order valence-corrected chi connectivity index (χ2v) is 5.73. The molecule has 2 heterocycles. The van der Waals surface area contributed by atoms with E-state index in [1.54, 1.807) is 0 Å². The van der Waals surface area contributed by atoms with Crippen LogP contribution in [0.25, 0.3) is 0 Å². The highest BCUT2D eigenvalue weighted by Crippen LogP contribution is 2.44.